The fourth-order valence-corrected chi connectivity index (χ4v) is 1.96. The van der Waals surface area contributed by atoms with Crippen LogP contribution in [0, 0.1) is 0 Å². The summed E-state index contributed by atoms with van der Waals surface area (Å²) in [6.07, 6.45) is 4.51. The van der Waals surface area contributed by atoms with E-state index in [9.17, 15) is 4.79 Å². The van der Waals surface area contributed by atoms with Crippen molar-refractivity contribution in [3.8, 4) is 0 Å². The summed E-state index contributed by atoms with van der Waals surface area (Å²) in [5.41, 5.74) is 2.77. The molecule has 1 aromatic heterocycles. The van der Waals surface area contributed by atoms with Gasteiger partial charge >= 0.3 is 0 Å². The van der Waals surface area contributed by atoms with E-state index in [0.29, 0.717) is 11.3 Å². The standard InChI is InChI=1S/C13H19NO/c1-9(2)11-7-10(13(3)5-6-13)8-14(4)12(11)15/h7-9H,5-6H2,1-4H3. The number of aryl methyl sites for hydroxylation is 1. The van der Waals surface area contributed by atoms with E-state index in [1.54, 1.807) is 4.57 Å². The molecule has 0 saturated heterocycles. The predicted molar refractivity (Wildman–Crippen MR) is 62.4 cm³/mol. The monoisotopic (exact) mass is 205 g/mol. The lowest BCUT2D eigenvalue weighted by Crippen LogP contribution is -2.23. The van der Waals surface area contributed by atoms with Gasteiger partial charge in [0.25, 0.3) is 5.56 Å². The van der Waals surface area contributed by atoms with Crippen LogP contribution in [-0.4, -0.2) is 4.57 Å². The minimum atomic E-state index is 0.151. The van der Waals surface area contributed by atoms with Gasteiger partial charge < -0.3 is 4.57 Å². The fraction of sp³-hybridized carbons (Fsp3) is 0.615. The van der Waals surface area contributed by atoms with Gasteiger partial charge in [-0.25, -0.2) is 0 Å². The lowest BCUT2D eigenvalue weighted by atomic mass is 9.95. The lowest BCUT2D eigenvalue weighted by Gasteiger charge is -2.14. The highest BCUT2D eigenvalue weighted by molar-refractivity contribution is 5.32. The summed E-state index contributed by atoms with van der Waals surface area (Å²) in [5, 5.41) is 0. The summed E-state index contributed by atoms with van der Waals surface area (Å²) < 4.78 is 1.73. The van der Waals surface area contributed by atoms with Gasteiger partial charge in [0, 0.05) is 18.8 Å². The maximum absolute atomic E-state index is 11.9. The molecule has 0 aromatic carbocycles. The molecule has 0 radical (unpaired) electrons. The Morgan fingerprint density at radius 3 is 2.47 bits per heavy atom. The summed E-state index contributed by atoms with van der Waals surface area (Å²) in [5.74, 6) is 0.311. The zero-order chi connectivity index (χ0) is 11.2. The number of pyridine rings is 1. The number of aromatic nitrogens is 1. The summed E-state index contributed by atoms with van der Waals surface area (Å²) in [6.45, 7) is 6.43. The van der Waals surface area contributed by atoms with Crippen LogP contribution in [0.3, 0.4) is 0 Å². The number of hydrogen-bond acceptors (Lipinski definition) is 1. The van der Waals surface area contributed by atoms with E-state index in [4.69, 9.17) is 0 Å². The van der Waals surface area contributed by atoms with Gasteiger partial charge in [0.15, 0.2) is 0 Å². The SMILES string of the molecule is CC(C)c1cc(C2(C)CC2)cn(C)c1=O. The number of hydrogen-bond donors (Lipinski definition) is 0. The molecule has 1 aromatic rings. The Balaban J connectivity index is 2.56. The van der Waals surface area contributed by atoms with Crippen molar-refractivity contribution >= 4 is 0 Å². The number of rotatable bonds is 2. The van der Waals surface area contributed by atoms with Crippen LogP contribution in [0.5, 0.6) is 0 Å². The topological polar surface area (TPSA) is 22.0 Å². The number of nitrogens with zero attached hydrogens (tertiary/aromatic N) is 1. The van der Waals surface area contributed by atoms with Crippen LogP contribution in [0.25, 0.3) is 0 Å². The third-order valence-corrected chi connectivity index (χ3v) is 3.53. The molecule has 1 heterocycles. The Morgan fingerprint density at radius 2 is 2.00 bits per heavy atom. The summed E-state index contributed by atoms with van der Waals surface area (Å²) in [4.78, 5) is 11.9. The molecule has 0 N–H and O–H groups in total. The van der Waals surface area contributed by atoms with E-state index < -0.39 is 0 Å². The molecule has 2 nitrogen and oxygen atoms in total. The van der Waals surface area contributed by atoms with Crippen LogP contribution in [-0.2, 0) is 12.5 Å². The molecule has 0 unspecified atom stereocenters. The van der Waals surface area contributed by atoms with Gasteiger partial charge in [0.1, 0.15) is 0 Å². The van der Waals surface area contributed by atoms with Gasteiger partial charge in [-0.1, -0.05) is 20.8 Å². The molecule has 1 saturated carbocycles. The first-order valence-electron chi connectivity index (χ1n) is 5.65. The molecule has 0 spiro atoms. The molecule has 1 aliphatic rings. The minimum absolute atomic E-state index is 0.151. The average Bonchev–Trinajstić information content (AvgIpc) is 2.89. The minimum Gasteiger partial charge on any atom is -0.318 e. The Hall–Kier alpha value is -1.05. The second-order valence-electron chi connectivity index (χ2n) is 5.32. The zero-order valence-corrected chi connectivity index (χ0v) is 10.0. The highest BCUT2D eigenvalue weighted by atomic mass is 16.1. The van der Waals surface area contributed by atoms with Crippen LogP contribution in [0.2, 0.25) is 0 Å². The van der Waals surface area contributed by atoms with Crippen molar-refractivity contribution in [2.75, 3.05) is 0 Å². The normalized spacial score (nSPS) is 18.2. The molecular formula is C13H19NO. The molecule has 0 bridgehead atoms. The summed E-state index contributed by atoms with van der Waals surface area (Å²) in [7, 11) is 1.85. The van der Waals surface area contributed by atoms with Crippen LogP contribution < -0.4 is 5.56 Å². The van der Waals surface area contributed by atoms with Crippen LogP contribution >= 0.6 is 0 Å². The third-order valence-electron chi connectivity index (χ3n) is 3.53. The molecule has 1 aliphatic carbocycles. The average molecular weight is 205 g/mol. The largest absolute Gasteiger partial charge is 0.318 e. The van der Waals surface area contributed by atoms with E-state index >= 15 is 0 Å². The van der Waals surface area contributed by atoms with E-state index in [-0.39, 0.29) is 5.56 Å². The molecule has 0 amide bonds. The Bertz CT molecular complexity index is 438. The van der Waals surface area contributed by atoms with Gasteiger partial charge in [0.2, 0.25) is 0 Å². The van der Waals surface area contributed by atoms with Crippen LogP contribution in [0.1, 0.15) is 50.7 Å². The van der Waals surface area contributed by atoms with Crippen LogP contribution in [0.4, 0.5) is 0 Å². The quantitative estimate of drug-likeness (QED) is 0.727. The first kappa shape index (κ1) is 10.5. The highest BCUT2D eigenvalue weighted by Gasteiger charge is 2.39. The van der Waals surface area contributed by atoms with E-state index in [1.807, 2.05) is 13.2 Å². The second-order valence-corrected chi connectivity index (χ2v) is 5.32. The van der Waals surface area contributed by atoms with Gasteiger partial charge in [-0.05, 0) is 35.8 Å². The molecule has 0 aliphatic heterocycles. The molecule has 2 heteroatoms. The second kappa shape index (κ2) is 3.22. The van der Waals surface area contributed by atoms with Gasteiger partial charge in [0.05, 0.1) is 0 Å². The van der Waals surface area contributed by atoms with Gasteiger partial charge in [-0.3, -0.25) is 4.79 Å². The Morgan fingerprint density at radius 1 is 1.40 bits per heavy atom. The zero-order valence-electron chi connectivity index (χ0n) is 10.0. The fourth-order valence-electron chi connectivity index (χ4n) is 1.96. The first-order chi connectivity index (χ1) is 6.94. The third kappa shape index (κ3) is 1.73. The van der Waals surface area contributed by atoms with Crippen molar-refractivity contribution < 1.29 is 0 Å². The first-order valence-corrected chi connectivity index (χ1v) is 5.65. The molecule has 15 heavy (non-hydrogen) atoms. The molecule has 1 fully saturated rings. The molecule has 82 valence electrons. The summed E-state index contributed by atoms with van der Waals surface area (Å²) >= 11 is 0. The molecule has 0 atom stereocenters. The van der Waals surface area contributed by atoms with Gasteiger partial charge in [-0.15, -0.1) is 0 Å². The van der Waals surface area contributed by atoms with Crippen molar-refractivity contribution in [2.24, 2.45) is 7.05 Å². The van der Waals surface area contributed by atoms with Crippen molar-refractivity contribution in [1.82, 2.24) is 4.57 Å². The van der Waals surface area contributed by atoms with Crippen molar-refractivity contribution in [1.29, 1.82) is 0 Å². The lowest BCUT2D eigenvalue weighted by molar-refractivity contribution is 0.719. The van der Waals surface area contributed by atoms with Crippen molar-refractivity contribution in [3.63, 3.8) is 0 Å². The van der Waals surface area contributed by atoms with Crippen molar-refractivity contribution in [3.05, 3.63) is 33.7 Å². The molecular weight excluding hydrogens is 186 g/mol. The highest BCUT2D eigenvalue weighted by Crippen LogP contribution is 2.47. The van der Waals surface area contributed by atoms with Crippen molar-refractivity contribution in [2.45, 2.75) is 44.9 Å². The molecule has 2 rings (SSSR count). The van der Waals surface area contributed by atoms with E-state index in [2.05, 4.69) is 26.8 Å². The Labute approximate surface area is 90.9 Å². The van der Waals surface area contributed by atoms with Crippen LogP contribution in [0.15, 0.2) is 17.1 Å². The maximum Gasteiger partial charge on any atom is 0.253 e. The summed E-state index contributed by atoms with van der Waals surface area (Å²) in [6, 6.07) is 2.11. The van der Waals surface area contributed by atoms with Gasteiger partial charge in [-0.2, -0.15) is 0 Å². The Kier molecular flexibility index (Phi) is 2.25. The smallest absolute Gasteiger partial charge is 0.253 e. The predicted octanol–water partition coefficient (Wildman–Crippen LogP) is 2.56. The van der Waals surface area contributed by atoms with E-state index in [1.165, 1.54) is 18.4 Å². The maximum atomic E-state index is 11.9. The van der Waals surface area contributed by atoms with E-state index in [0.717, 1.165) is 5.56 Å².